The first-order valence-electron chi connectivity index (χ1n) is 8.26. The van der Waals surface area contributed by atoms with Gasteiger partial charge < -0.3 is 0 Å². The summed E-state index contributed by atoms with van der Waals surface area (Å²) >= 11 is 0. The maximum Gasteiger partial charge on any atom is 0.349 e. The minimum atomic E-state index is -0.852. The van der Waals surface area contributed by atoms with E-state index in [4.69, 9.17) is 5.26 Å². The van der Waals surface area contributed by atoms with Crippen LogP contribution in [0.2, 0.25) is 0 Å². The number of hydrogen-bond acceptors (Lipinski definition) is 5. The van der Waals surface area contributed by atoms with Gasteiger partial charge in [-0.05, 0) is 60.4 Å². The maximum atomic E-state index is 13.2. The van der Waals surface area contributed by atoms with Crippen LogP contribution in [-0.2, 0) is 0 Å². The molecule has 3 rings (SSSR count). The lowest BCUT2D eigenvalue weighted by molar-refractivity contribution is 0.627. The van der Waals surface area contributed by atoms with Gasteiger partial charge in [0.05, 0.1) is 17.7 Å². The molecule has 0 saturated carbocycles. The lowest BCUT2D eigenvalue weighted by Crippen LogP contribution is -2.33. The summed E-state index contributed by atoms with van der Waals surface area (Å²) in [6.45, 7) is 3.56. The lowest BCUT2D eigenvalue weighted by atomic mass is 9.86. The van der Waals surface area contributed by atoms with E-state index in [-0.39, 0.29) is 5.82 Å². The summed E-state index contributed by atoms with van der Waals surface area (Å²) in [5.41, 5.74) is 1.10. The number of nitrogens with one attached hydrogen (secondary N) is 1. The summed E-state index contributed by atoms with van der Waals surface area (Å²) in [4.78, 5) is 25.7. The lowest BCUT2D eigenvalue weighted by Gasteiger charge is -2.18. The molecule has 3 aromatic rings. The topological polar surface area (TPSA) is 115 Å². The van der Waals surface area contributed by atoms with Crippen LogP contribution in [0.25, 0.3) is 5.69 Å². The number of rotatable bonds is 3. The van der Waals surface area contributed by atoms with Crippen LogP contribution in [0, 0.1) is 42.3 Å². The standard InChI is InChI=1S/C20H14FN5O2/c1-11-7-15(26-20(28)24-19(27)17(10-23)25-26)8-12(2)18(11)16(9-22)13-3-5-14(21)6-4-13/h3-8,16H,1-2H3,(H,24,27,28). The van der Waals surface area contributed by atoms with Gasteiger partial charge in [0, 0.05) is 0 Å². The van der Waals surface area contributed by atoms with E-state index in [1.807, 2.05) is 0 Å². The number of nitrogens with zero attached hydrogens (tertiary/aromatic N) is 4. The average Bonchev–Trinajstić information content (AvgIpc) is 2.65. The molecule has 138 valence electrons. The molecule has 28 heavy (non-hydrogen) atoms. The first-order chi connectivity index (χ1) is 13.3. The Kier molecular flexibility index (Phi) is 4.88. The molecule has 1 N–H and O–H groups in total. The van der Waals surface area contributed by atoms with Gasteiger partial charge in [-0.3, -0.25) is 9.78 Å². The molecule has 0 aliphatic rings. The Hall–Kier alpha value is -4.04. The Labute approximate surface area is 158 Å². The van der Waals surface area contributed by atoms with E-state index in [1.165, 1.54) is 12.1 Å². The number of hydrogen-bond donors (Lipinski definition) is 1. The van der Waals surface area contributed by atoms with Gasteiger partial charge >= 0.3 is 5.69 Å². The Morgan fingerprint density at radius 2 is 1.71 bits per heavy atom. The number of aromatic nitrogens is 3. The molecule has 0 spiro atoms. The van der Waals surface area contributed by atoms with Gasteiger partial charge in [0.2, 0.25) is 5.69 Å². The highest BCUT2D eigenvalue weighted by atomic mass is 19.1. The Bertz CT molecular complexity index is 1240. The molecular weight excluding hydrogens is 361 g/mol. The molecular formula is C20H14FN5O2. The quantitative estimate of drug-likeness (QED) is 0.753. The van der Waals surface area contributed by atoms with Crippen molar-refractivity contribution in [2.24, 2.45) is 0 Å². The third-order valence-corrected chi connectivity index (χ3v) is 4.38. The van der Waals surface area contributed by atoms with E-state index in [0.29, 0.717) is 22.4 Å². The van der Waals surface area contributed by atoms with Crippen LogP contribution < -0.4 is 11.2 Å². The maximum absolute atomic E-state index is 13.2. The van der Waals surface area contributed by atoms with Crippen molar-refractivity contribution in [3.63, 3.8) is 0 Å². The summed E-state index contributed by atoms with van der Waals surface area (Å²) in [7, 11) is 0. The second-order valence-electron chi connectivity index (χ2n) is 6.24. The molecule has 2 aromatic carbocycles. The smallest absolute Gasteiger partial charge is 0.270 e. The van der Waals surface area contributed by atoms with Gasteiger partial charge in [-0.1, -0.05) is 12.1 Å². The molecule has 0 aliphatic heterocycles. The van der Waals surface area contributed by atoms with Gasteiger partial charge in [0.15, 0.2) is 0 Å². The normalized spacial score (nSPS) is 11.5. The summed E-state index contributed by atoms with van der Waals surface area (Å²) in [6.07, 6.45) is 0. The molecule has 8 heteroatoms. The summed E-state index contributed by atoms with van der Waals surface area (Å²) in [5.74, 6) is -1.01. The van der Waals surface area contributed by atoms with Crippen molar-refractivity contribution in [1.29, 1.82) is 10.5 Å². The monoisotopic (exact) mass is 375 g/mol. The number of halogens is 1. The Morgan fingerprint density at radius 1 is 1.11 bits per heavy atom. The zero-order valence-electron chi connectivity index (χ0n) is 15.0. The third-order valence-electron chi connectivity index (χ3n) is 4.38. The van der Waals surface area contributed by atoms with Crippen LogP contribution in [0.1, 0.15) is 33.9 Å². The van der Waals surface area contributed by atoms with E-state index < -0.39 is 22.9 Å². The molecule has 1 unspecified atom stereocenters. The second kappa shape index (κ2) is 7.29. The molecule has 0 amide bonds. The zero-order valence-corrected chi connectivity index (χ0v) is 15.0. The van der Waals surface area contributed by atoms with Crippen LogP contribution >= 0.6 is 0 Å². The van der Waals surface area contributed by atoms with Gasteiger partial charge in [-0.2, -0.15) is 15.2 Å². The molecule has 0 saturated heterocycles. The van der Waals surface area contributed by atoms with Crippen molar-refractivity contribution < 1.29 is 4.39 Å². The average molecular weight is 375 g/mol. The van der Waals surface area contributed by atoms with Crippen molar-refractivity contribution in [3.8, 4) is 17.8 Å². The van der Waals surface area contributed by atoms with Crippen molar-refractivity contribution in [2.45, 2.75) is 19.8 Å². The van der Waals surface area contributed by atoms with Gasteiger partial charge in [0.25, 0.3) is 5.56 Å². The van der Waals surface area contributed by atoms with Crippen molar-refractivity contribution in [1.82, 2.24) is 14.8 Å². The fourth-order valence-corrected chi connectivity index (χ4v) is 3.14. The minimum absolute atomic E-state index is 0.354. The molecule has 1 heterocycles. The molecule has 0 aliphatic carbocycles. The summed E-state index contributed by atoms with van der Waals surface area (Å²) in [5, 5.41) is 22.5. The molecule has 1 aromatic heterocycles. The van der Waals surface area contributed by atoms with Crippen molar-refractivity contribution in [3.05, 3.63) is 91.0 Å². The minimum Gasteiger partial charge on any atom is -0.270 e. The van der Waals surface area contributed by atoms with Crippen LogP contribution in [0.3, 0.4) is 0 Å². The van der Waals surface area contributed by atoms with Crippen LogP contribution in [0.5, 0.6) is 0 Å². The Balaban J connectivity index is 2.16. The van der Waals surface area contributed by atoms with Crippen molar-refractivity contribution >= 4 is 0 Å². The van der Waals surface area contributed by atoms with E-state index in [1.54, 1.807) is 44.2 Å². The highest BCUT2D eigenvalue weighted by molar-refractivity contribution is 5.51. The fourth-order valence-electron chi connectivity index (χ4n) is 3.14. The first-order valence-corrected chi connectivity index (χ1v) is 8.26. The molecule has 0 radical (unpaired) electrons. The van der Waals surface area contributed by atoms with Gasteiger partial charge in [0.1, 0.15) is 11.9 Å². The summed E-state index contributed by atoms with van der Waals surface area (Å²) in [6, 6.07) is 12.9. The fraction of sp³-hybridized carbons (Fsp3) is 0.150. The molecule has 7 nitrogen and oxygen atoms in total. The highest BCUT2D eigenvalue weighted by Crippen LogP contribution is 2.31. The van der Waals surface area contributed by atoms with E-state index in [2.05, 4.69) is 16.2 Å². The van der Waals surface area contributed by atoms with Crippen LogP contribution in [0.4, 0.5) is 4.39 Å². The molecule has 1 atom stereocenters. The predicted molar refractivity (Wildman–Crippen MR) is 98.5 cm³/mol. The number of benzene rings is 2. The van der Waals surface area contributed by atoms with Crippen LogP contribution in [-0.4, -0.2) is 14.8 Å². The van der Waals surface area contributed by atoms with Gasteiger partial charge in [-0.25, -0.2) is 9.18 Å². The number of aryl methyl sites for hydroxylation is 2. The zero-order chi connectivity index (χ0) is 20.4. The number of H-pyrrole nitrogens is 1. The van der Waals surface area contributed by atoms with Crippen LogP contribution in [0.15, 0.2) is 46.0 Å². The summed E-state index contributed by atoms with van der Waals surface area (Å²) < 4.78 is 14.1. The second-order valence-corrected chi connectivity index (χ2v) is 6.24. The van der Waals surface area contributed by atoms with E-state index in [9.17, 15) is 19.2 Å². The highest BCUT2D eigenvalue weighted by Gasteiger charge is 2.20. The van der Waals surface area contributed by atoms with Gasteiger partial charge in [-0.15, -0.1) is 5.10 Å². The molecule has 0 fully saturated rings. The third kappa shape index (κ3) is 3.31. The Morgan fingerprint density at radius 3 is 2.25 bits per heavy atom. The van der Waals surface area contributed by atoms with E-state index >= 15 is 0 Å². The SMILES string of the molecule is Cc1cc(-n2nc(C#N)c(=O)[nH]c2=O)cc(C)c1C(C#N)c1ccc(F)cc1. The first kappa shape index (κ1) is 18.7. The largest absolute Gasteiger partial charge is 0.349 e. The number of aromatic amines is 1. The number of nitriles is 2. The van der Waals surface area contributed by atoms with E-state index in [0.717, 1.165) is 10.2 Å². The predicted octanol–water partition coefficient (Wildman–Crippen LogP) is 2.20. The van der Waals surface area contributed by atoms with Crippen molar-refractivity contribution in [2.75, 3.05) is 0 Å². The molecule has 0 bridgehead atoms.